The molecule has 0 aromatic heterocycles. The molecule has 156 valence electrons. The van der Waals surface area contributed by atoms with Gasteiger partial charge >= 0.3 is 0 Å². The second kappa shape index (κ2) is 7.31. The van der Waals surface area contributed by atoms with Crippen molar-refractivity contribution in [2.75, 3.05) is 7.11 Å². The molecule has 3 N–H and O–H groups in total. The minimum absolute atomic E-state index is 0.0539. The first kappa shape index (κ1) is 19.7. The van der Waals surface area contributed by atoms with Crippen molar-refractivity contribution in [3.63, 3.8) is 0 Å². The molecule has 29 heavy (non-hydrogen) atoms. The van der Waals surface area contributed by atoms with Gasteiger partial charge in [0.1, 0.15) is 11.8 Å². The number of hydrogen-bond acceptors (Lipinski definition) is 5. The topological polar surface area (TPSA) is 125 Å². The van der Waals surface area contributed by atoms with E-state index in [0.29, 0.717) is 29.1 Å². The monoisotopic (exact) mass is 401 g/mol. The van der Waals surface area contributed by atoms with Crippen LogP contribution in [0.2, 0.25) is 0 Å². The van der Waals surface area contributed by atoms with Gasteiger partial charge in [0, 0.05) is 29.5 Å². The van der Waals surface area contributed by atoms with Crippen molar-refractivity contribution >= 4 is 17.5 Å². The number of methoxy groups -OCH3 is 1. The SMILES string of the molecule is COc1ccc([N+](=O)[O-])cc1C[C@@H](NC(=O)C12CC3CC(CC(C3)C1)C2)C(N)=O. The van der Waals surface area contributed by atoms with E-state index in [-0.39, 0.29) is 18.0 Å². The van der Waals surface area contributed by atoms with E-state index in [0.717, 1.165) is 19.3 Å². The quantitative estimate of drug-likeness (QED) is 0.536. The van der Waals surface area contributed by atoms with Gasteiger partial charge in [-0.2, -0.15) is 0 Å². The summed E-state index contributed by atoms with van der Waals surface area (Å²) in [6, 6.07) is 3.26. The van der Waals surface area contributed by atoms with Crippen molar-refractivity contribution in [2.24, 2.45) is 28.9 Å². The molecule has 0 saturated heterocycles. The molecule has 0 aliphatic heterocycles. The molecule has 0 spiro atoms. The van der Waals surface area contributed by atoms with Crippen LogP contribution in [0.3, 0.4) is 0 Å². The molecular formula is C21H27N3O5. The number of nitrogens with zero attached hydrogens (tertiary/aromatic N) is 1. The molecule has 0 unspecified atom stereocenters. The lowest BCUT2D eigenvalue weighted by Gasteiger charge is -2.55. The highest BCUT2D eigenvalue weighted by Crippen LogP contribution is 2.60. The highest BCUT2D eigenvalue weighted by Gasteiger charge is 2.54. The lowest BCUT2D eigenvalue weighted by Crippen LogP contribution is -2.57. The fourth-order valence-corrected chi connectivity index (χ4v) is 6.18. The van der Waals surface area contributed by atoms with Gasteiger partial charge in [-0.1, -0.05) is 0 Å². The standard InChI is InChI=1S/C21H27N3O5/c1-29-18-3-2-16(24(27)28)7-15(18)8-17(19(22)25)23-20(26)21-9-12-4-13(10-21)6-14(5-12)11-21/h2-3,7,12-14,17H,4-6,8-11H2,1H3,(H2,22,25)(H,23,26)/t12?,13?,14?,17-,21?/m1/s1. The summed E-state index contributed by atoms with van der Waals surface area (Å²) in [4.78, 5) is 36.0. The summed E-state index contributed by atoms with van der Waals surface area (Å²) in [6.45, 7) is 0. The number of nitro groups is 1. The van der Waals surface area contributed by atoms with E-state index in [1.54, 1.807) is 0 Å². The summed E-state index contributed by atoms with van der Waals surface area (Å²) in [7, 11) is 1.46. The van der Waals surface area contributed by atoms with Crippen LogP contribution in [0.1, 0.15) is 44.1 Å². The maximum atomic E-state index is 13.3. The molecule has 4 saturated carbocycles. The lowest BCUT2D eigenvalue weighted by molar-refractivity contribution is -0.384. The van der Waals surface area contributed by atoms with E-state index < -0.39 is 22.3 Å². The fourth-order valence-electron chi connectivity index (χ4n) is 6.18. The van der Waals surface area contributed by atoms with E-state index in [1.165, 1.54) is 44.6 Å². The molecule has 1 atom stereocenters. The van der Waals surface area contributed by atoms with Gasteiger partial charge in [0.15, 0.2) is 0 Å². The third-order valence-corrected chi connectivity index (χ3v) is 7.07. The van der Waals surface area contributed by atoms with Crippen LogP contribution >= 0.6 is 0 Å². The van der Waals surface area contributed by atoms with Gasteiger partial charge in [-0.15, -0.1) is 0 Å². The zero-order valence-electron chi connectivity index (χ0n) is 16.6. The first-order valence-corrected chi connectivity index (χ1v) is 10.2. The summed E-state index contributed by atoms with van der Waals surface area (Å²) in [6.07, 6.45) is 6.37. The number of nitrogens with two attached hydrogens (primary N) is 1. The van der Waals surface area contributed by atoms with E-state index in [9.17, 15) is 19.7 Å². The Bertz CT molecular complexity index is 817. The molecule has 8 nitrogen and oxygen atoms in total. The summed E-state index contributed by atoms with van der Waals surface area (Å²) >= 11 is 0. The number of hydrogen-bond donors (Lipinski definition) is 2. The molecule has 5 rings (SSSR count). The van der Waals surface area contributed by atoms with Gasteiger partial charge in [-0.25, -0.2) is 0 Å². The minimum Gasteiger partial charge on any atom is -0.496 e. The van der Waals surface area contributed by atoms with Gasteiger partial charge in [0.05, 0.1) is 12.0 Å². The van der Waals surface area contributed by atoms with E-state index in [1.807, 2.05) is 0 Å². The van der Waals surface area contributed by atoms with Crippen molar-refractivity contribution in [2.45, 2.75) is 51.0 Å². The van der Waals surface area contributed by atoms with Crippen LogP contribution in [-0.4, -0.2) is 29.9 Å². The third-order valence-electron chi connectivity index (χ3n) is 7.07. The van der Waals surface area contributed by atoms with Crippen molar-refractivity contribution in [1.29, 1.82) is 0 Å². The Morgan fingerprint density at radius 1 is 1.24 bits per heavy atom. The second-order valence-electron chi connectivity index (χ2n) is 9.08. The number of nitro benzene ring substituents is 1. The van der Waals surface area contributed by atoms with Crippen molar-refractivity contribution < 1.29 is 19.2 Å². The van der Waals surface area contributed by atoms with Gasteiger partial charge in [-0.3, -0.25) is 19.7 Å². The van der Waals surface area contributed by atoms with Crippen LogP contribution in [0.25, 0.3) is 0 Å². The number of non-ortho nitro benzene ring substituents is 1. The Labute approximate surface area is 169 Å². The molecule has 0 radical (unpaired) electrons. The van der Waals surface area contributed by atoms with Crippen molar-refractivity contribution in [3.8, 4) is 5.75 Å². The Balaban J connectivity index is 1.53. The smallest absolute Gasteiger partial charge is 0.269 e. The number of benzene rings is 1. The van der Waals surface area contributed by atoms with Crippen LogP contribution in [-0.2, 0) is 16.0 Å². The van der Waals surface area contributed by atoms with Crippen LogP contribution in [0, 0.1) is 33.3 Å². The molecule has 4 aliphatic rings. The number of ether oxygens (including phenoxy) is 1. The average Bonchev–Trinajstić information content (AvgIpc) is 2.66. The number of primary amides is 1. The van der Waals surface area contributed by atoms with Crippen molar-refractivity contribution in [3.05, 3.63) is 33.9 Å². The summed E-state index contributed by atoms with van der Waals surface area (Å²) in [5, 5.41) is 14.0. The minimum atomic E-state index is -0.939. The van der Waals surface area contributed by atoms with E-state index in [4.69, 9.17) is 10.5 Å². The fraction of sp³-hybridized carbons (Fsp3) is 0.619. The predicted molar refractivity (Wildman–Crippen MR) is 105 cm³/mol. The highest BCUT2D eigenvalue weighted by molar-refractivity contribution is 5.90. The molecule has 4 aliphatic carbocycles. The van der Waals surface area contributed by atoms with Gasteiger partial charge in [0.25, 0.3) is 5.69 Å². The Kier molecular flexibility index (Phi) is 4.96. The highest BCUT2D eigenvalue weighted by atomic mass is 16.6. The summed E-state index contributed by atoms with van der Waals surface area (Å²) < 4.78 is 5.28. The number of carbonyl (C=O) groups is 2. The Hall–Kier alpha value is -2.64. The van der Waals surface area contributed by atoms with Gasteiger partial charge in [-0.05, 0) is 62.3 Å². The maximum Gasteiger partial charge on any atom is 0.269 e. The first-order valence-electron chi connectivity index (χ1n) is 10.2. The molecule has 4 bridgehead atoms. The van der Waals surface area contributed by atoms with E-state index in [2.05, 4.69) is 5.32 Å². The molecule has 8 heteroatoms. The molecule has 2 amide bonds. The molecule has 1 aromatic rings. The van der Waals surface area contributed by atoms with Gasteiger partial charge < -0.3 is 15.8 Å². The number of nitrogens with one attached hydrogen (secondary N) is 1. The lowest BCUT2D eigenvalue weighted by atomic mass is 9.49. The normalized spacial score (nSPS) is 30.6. The maximum absolute atomic E-state index is 13.3. The van der Waals surface area contributed by atoms with Crippen LogP contribution in [0.5, 0.6) is 5.75 Å². The Morgan fingerprint density at radius 2 is 1.83 bits per heavy atom. The van der Waals surface area contributed by atoms with Crippen LogP contribution in [0.4, 0.5) is 5.69 Å². The Morgan fingerprint density at radius 3 is 2.31 bits per heavy atom. The largest absolute Gasteiger partial charge is 0.496 e. The summed E-state index contributed by atoms with van der Waals surface area (Å²) in [5.74, 6) is 1.50. The van der Waals surface area contributed by atoms with E-state index >= 15 is 0 Å². The molecule has 0 heterocycles. The molecule has 1 aromatic carbocycles. The zero-order chi connectivity index (χ0) is 20.8. The number of rotatable bonds is 7. The molecular weight excluding hydrogens is 374 g/mol. The zero-order valence-corrected chi connectivity index (χ0v) is 16.6. The summed E-state index contributed by atoms with van der Waals surface area (Å²) in [5.41, 5.74) is 5.56. The third kappa shape index (κ3) is 3.68. The first-order chi connectivity index (χ1) is 13.8. The van der Waals surface area contributed by atoms with Crippen LogP contribution in [0.15, 0.2) is 18.2 Å². The van der Waals surface area contributed by atoms with Gasteiger partial charge in [0.2, 0.25) is 11.8 Å². The number of amides is 2. The molecule has 4 fully saturated rings. The second-order valence-corrected chi connectivity index (χ2v) is 9.08. The number of carbonyl (C=O) groups excluding carboxylic acids is 2. The predicted octanol–water partition coefficient (Wildman–Crippen LogP) is 2.33. The van der Waals surface area contributed by atoms with Crippen LogP contribution < -0.4 is 15.8 Å². The van der Waals surface area contributed by atoms with Crippen molar-refractivity contribution in [1.82, 2.24) is 5.32 Å². The average molecular weight is 401 g/mol.